The Labute approximate surface area is 113 Å². The first-order valence-corrected chi connectivity index (χ1v) is 6.72. The maximum absolute atomic E-state index is 11.8. The average molecular weight is 269 g/mol. The van der Waals surface area contributed by atoms with E-state index in [-0.39, 0.29) is 24.3 Å². The highest BCUT2D eigenvalue weighted by Gasteiger charge is 2.31. The summed E-state index contributed by atoms with van der Waals surface area (Å²) < 4.78 is 0. The van der Waals surface area contributed by atoms with Crippen LogP contribution in [0.1, 0.15) is 33.1 Å². The highest BCUT2D eigenvalue weighted by molar-refractivity contribution is 6.00. The van der Waals surface area contributed by atoms with Crippen molar-refractivity contribution in [2.45, 2.75) is 39.2 Å². The van der Waals surface area contributed by atoms with E-state index in [9.17, 15) is 14.4 Å². The number of likely N-dealkylation sites (N-methyl/N-ethyl adjacent to an activating group) is 1. The van der Waals surface area contributed by atoms with Gasteiger partial charge in [0.25, 0.3) is 0 Å². The summed E-state index contributed by atoms with van der Waals surface area (Å²) in [6.07, 6.45) is 1.74. The number of amides is 3. The number of nitrogens with zero attached hydrogens (tertiary/aromatic N) is 1. The molecule has 108 valence electrons. The van der Waals surface area contributed by atoms with Gasteiger partial charge in [-0.15, -0.1) is 0 Å². The Bertz CT molecular complexity index is 355. The molecule has 1 rings (SSSR count). The van der Waals surface area contributed by atoms with E-state index in [2.05, 4.69) is 24.5 Å². The van der Waals surface area contributed by atoms with E-state index in [1.54, 1.807) is 0 Å². The van der Waals surface area contributed by atoms with Crippen LogP contribution >= 0.6 is 0 Å². The molecule has 1 aliphatic rings. The predicted octanol–water partition coefficient (Wildman–Crippen LogP) is -0.114. The number of carbonyl (C=O) groups excluding carboxylic acids is 3. The molecule has 0 bridgehead atoms. The molecule has 6 heteroatoms. The van der Waals surface area contributed by atoms with Gasteiger partial charge in [-0.3, -0.25) is 24.6 Å². The van der Waals surface area contributed by atoms with E-state index >= 15 is 0 Å². The molecule has 1 fully saturated rings. The van der Waals surface area contributed by atoms with Crippen molar-refractivity contribution in [3.05, 3.63) is 0 Å². The average Bonchev–Trinajstić information content (AvgIpc) is 2.35. The zero-order chi connectivity index (χ0) is 14.4. The van der Waals surface area contributed by atoms with Gasteiger partial charge in [-0.2, -0.15) is 0 Å². The van der Waals surface area contributed by atoms with Crippen molar-refractivity contribution in [3.8, 4) is 0 Å². The Hall–Kier alpha value is -1.43. The summed E-state index contributed by atoms with van der Waals surface area (Å²) in [4.78, 5) is 35.7. The van der Waals surface area contributed by atoms with Crippen LogP contribution in [0.3, 0.4) is 0 Å². The summed E-state index contributed by atoms with van der Waals surface area (Å²) in [7, 11) is 1.47. The minimum absolute atomic E-state index is 0.108. The third-order valence-electron chi connectivity index (χ3n) is 3.20. The van der Waals surface area contributed by atoms with Gasteiger partial charge in [0.1, 0.15) is 0 Å². The summed E-state index contributed by atoms with van der Waals surface area (Å²) in [5, 5.41) is 5.70. The molecule has 0 aromatic heterocycles. The van der Waals surface area contributed by atoms with Gasteiger partial charge in [0.2, 0.25) is 17.7 Å². The highest BCUT2D eigenvalue weighted by Crippen LogP contribution is 2.10. The van der Waals surface area contributed by atoms with Crippen molar-refractivity contribution >= 4 is 17.7 Å². The fourth-order valence-electron chi connectivity index (χ4n) is 1.88. The van der Waals surface area contributed by atoms with E-state index in [1.807, 2.05) is 0 Å². The maximum atomic E-state index is 11.8. The summed E-state index contributed by atoms with van der Waals surface area (Å²) in [6.45, 7) is 4.95. The Kier molecular flexibility index (Phi) is 5.95. The van der Waals surface area contributed by atoms with Crippen LogP contribution in [-0.2, 0) is 14.4 Å². The molecule has 2 N–H and O–H groups in total. The van der Waals surface area contributed by atoms with E-state index in [0.717, 1.165) is 11.3 Å². The molecule has 0 aromatic carbocycles. The smallest absolute Gasteiger partial charge is 0.246 e. The van der Waals surface area contributed by atoms with Gasteiger partial charge in [0.05, 0.1) is 12.6 Å². The molecule has 0 aromatic rings. The zero-order valence-corrected chi connectivity index (χ0v) is 11.9. The van der Waals surface area contributed by atoms with Crippen LogP contribution < -0.4 is 10.6 Å². The largest absolute Gasteiger partial charge is 0.355 e. The first-order chi connectivity index (χ1) is 8.91. The van der Waals surface area contributed by atoms with E-state index in [4.69, 9.17) is 0 Å². The first kappa shape index (κ1) is 15.6. The molecule has 0 aliphatic carbocycles. The quantitative estimate of drug-likeness (QED) is 0.659. The minimum Gasteiger partial charge on any atom is -0.355 e. The summed E-state index contributed by atoms with van der Waals surface area (Å²) in [6, 6.07) is -0.432. The van der Waals surface area contributed by atoms with Crippen molar-refractivity contribution < 1.29 is 14.4 Å². The number of likely N-dealkylation sites (tertiary alicyclic amines) is 1. The van der Waals surface area contributed by atoms with Crippen LogP contribution in [0.4, 0.5) is 0 Å². The number of imide groups is 1. The summed E-state index contributed by atoms with van der Waals surface area (Å²) in [5.41, 5.74) is 0. The van der Waals surface area contributed by atoms with Crippen molar-refractivity contribution in [2.24, 2.45) is 5.92 Å². The topological polar surface area (TPSA) is 78.5 Å². The van der Waals surface area contributed by atoms with Gasteiger partial charge in [-0.1, -0.05) is 13.8 Å². The SMILES string of the molecule is CC(C)CCNC(=O)CNC1CCC(=O)N(C)C1=O. The number of piperidine rings is 1. The molecule has 0 spiro atoms. The molecule has 19 heavy (non-hydrogen) atoms. The monoisotopic (exact) mass is 269 g/mol. The molecular weight excluding hydrogens is 246 g/mol. The number of rotatable bonds is 6. The molecule has 1 atom stereocenters. The Balaban J connectivity index is 2.26. The number of hydrogen-bond donors (Lipinski definition) is 2. The molecule has 0 radical (unpaired) electrons. The normalized spacial score (nSPS) is 20.0. The lowest BCUT2D eigenvalue weighted by molar-refractivity contribution is -0.148. The van der Waals surface area contributed by atoms with Crippen molar-refractivity contribution in [1.29, 1.82) is 0 Å². The van der Waals surface area contributed by atoms with Gasteiger partial charge in [-0.05, 0) is 18.8 Å². The third kappa shape index (κ3) is 4.98. The second-order valence-electron chi connectivity index (χ2n) is 5.30. The molecule has 1 saturated heterocycles. The van der Waals surface area contributed by atoms with Crippen LogP contribution in [0.2, 0.25) is 0 Å². The second kappa shape index (κ2) is 7.23. The van der Waals surface area contributed by atoms with Gasteiger partial charge >= 0.3 is 0 Å². The molecule has 1 heterocycles. The molecular formula is C13H23N3O3. The van der Waals surface area contributed by atoms with Crippen LogP contribution in [0, 0.1) is 5.92 Å². The lowest BCUT2D eigenvalue weighted by Crippen LogP contribution is -2.53. The van der Waals surface area contributed by atoms with E-state index in [0.29, 0.717) is 25.3 Å². The highest BCUT2D eigenvalue weighted by atomic mass is 16.2. The Morgan fingerprint density at radius 1 is 1.42 bits per heavy atom. The number of carbonyl (C=O) groups is 3. The lowest BCUT2D eigenvalue weighted by atomic mass is 10.0. The predicted molar refractivity (Wildman–Crippen MR) is 71.3 cm³/mol. The van der Waals surface area contributed by atoms with Crippen molar-refractivity contribution in [1.82, 2.24) is 15.5 Å². The van der Waals surface area contributed by atoms with Crippen LogP contribution in [0.15, 0.2) is 0 Å². The minimum atomic E-state index is -0.432. The van der Waals surface area contributed by atoms with Crippen LogP contribution in [0.5, 0.6) is 0 Å². The number of hydrogen-bond acceptors (Lipinski definition) is 4. The molecule has 3 amide bonds. The fraction of sp³-hybridized carbons (Fsp3) is 0.769. The standard InChI is InChI=1S/C13H23N3O3/c1-9(2)6-7-14-11(17)8-15-10-4-5-12(18)16(3)13(10)19/h9-10,15H,4-8H2,1-3H3,(H,14,17). The molecule has 1 aliphatic heterocycles. The zero-order valence-electron chi connectivity index (χ0n) is 11.9. The van der Waals surface area contributed by atoms with Gasteiger partial charge in [-0.25, -0.2) is 0 Å². The molecule has 0 saturated carbocycles. The summed E-state index contributed by atoms with van der Waals surface area (Å²) in [5.74, 6) is 0.0107. The van der Waals surface area contributed by atoms with Gasteiger partial charge in [0, 0.05) is 20.0 Å². The lowest BCUT2D eigenvalue weighted by Gasteiger charge is -2.28. The fourth-order valence-corrected chi connectivity index (χ4v) is 1.88. The second-order valence-corrected chi connectivity index (χ2v) is 5.30. The molecule has 6 nitrogen and oxygen atoms in total. The summed E-state index contributed by atoms with van der Waals surface area (Å²) >= 11 is 0. The van der Waals surface area contributed by atoms with E-state index in [1.165, 1.54) is 7.05 Å². The van der Waals surface area contributed by atoms with Crippen LogP contribution in [0.25, 0.3) is 0 Å². The first-order valence-electron chi connectivity index (χ1n) is 6.72. The van der Waals surface area contributed by atoms with Gasteiger partial charge < -0.3 is 5.32 Å². The van der Waals surface area contributed by atoms with Crippen molar-refractivity contribution in [3.63, 3.8) is 0 Å². The van der Waals surface area contributed by atoms with Crippen molar-refractivity contribution in [2.75, 3.05) is 20.1 Å². The van der Waals surface area contributed by atoms with E-state index < -0.39 is 6.04 Å². The van der Waals surface area contributed by atoms with Gasteiger partial charge in [0.15, 0.2) is 0 Å². The third-order valence-corrected chi connectivity index (χ3v) is 3.20. The Morgan fingerprint density at radius 3 is 2.74 bits per heavy atom. The molecule has 1 unspecified atom stereocenters. The number of nitrogens with one attached hydrogen (secondary N) is 2. The Morgan fingerprint density at radius 2 is 2.11 bits per heavy atom. The van der Waals surface area contributed by atoms with Crippen LogP contribution in [-0.4, -0.2) is 48.8 Å². The maximum Gasteiger partial charge on any atom is 0.246 e.